The van der Waals surface area contributed by atoms with Gasteiger partial charge in [0, 0.05) is 49.9 Å². The first kappa shape index (κ1) is 22.3. The van der Waals surface area contributed by atoms with E-state index in [1.54, 1.807) is 7.11 Å². The Bertz CT molecular complexity index is 1080. The van der Waals surface area contributed by atoms with Crippen LogP contribution in [-0.4, -0.2) is 55.9 Å². The maximum atomic E-state index is 12.8. The second-order valence-corrected chi connectivity index (χ2v) is 9.07. The third kappa shape index (κ3) is 5.00. The van der Waals surface area contributed by atoms with Gasteiger partial charge < -0.3 is 24.4 Å². The van der Waals surface area contributed by atoms with Gasteiger partial charge in [0.05, 0.1) is 7.11 Å². The number of nitrogens with zero attached hydrogens (tertiary/aromatic N) is 4. The molecule has 8 heteroatoms. The predicted molar refractivity (Wildman–Crippen MR) is 131 cm³/mol. The van der Waals surface area contributed by atoms with Crippen molar-refractivity contribution in [2.24, 2.45) is 11.8 Å². The number of aromatic nitrogens is 2. The topological polar surface area (TPSA) is 83.7 Å². The summed E-state index contributed by atoms with van der Waals surface area (Å²) in [6.07, 6.45) is 2.68. The molecule has 0 bridgehead atoms. The van der Waals surface area contributed by atoms with Gasteiger partial charge in [-0.3, -0.25) is 4.79 Å². The summed E-state index contributed by atoms with van der Waals surface area (Å²) in [5.74, 6) is 2.04. The lowest BCUT2D eigenvalue weighted by Gasteiger charge is -2.30. The van der Waals surface area contributed by atoms with Crippen molar-refractivity contribution in [2.75, 3.05) is 49.6 Å². The van der Waals surface area contributed by atoms with Crippen LogP contribution in [0.25, 0.3) is 11.4 Å². The van der Waals surface area contributed by atoms with E-state index < -0.39 is 0 Å². The monoisotopic (exact) mass is 461 g/mol. The minimum absolute atomic E-state index is 0.0341. The van der Waals surface area contributed by atoms with Gasteiger partial charge in [-0.15, -0.1) is 0 Å². The van der Waals surface area contributed by atoms with Gasteiger partial charge in [0.1, 0.15) is 5.75 Å². The van der Waals surface area contributed by atoms with E-state index in [-0.39, 0.29) is 11.8 Å². The smallest absolute Gasteiger partial charge is 0.324 e. The number of carbonyl (C=O) groups is 1. The fourth-order valence-corrected chi connectivity index (χ4v) is 4.80. The molecule has 0 radical (unpaired) electrons. The Morgan fingerprint density at radius 1 is 1.03 bits per heavy atom. The summed E-state index contributed by atoms with van der Waals surface area (Å²) in [7, 11) is 1.64. The van der Waals surface area contributed by atoms with Crippen molar-refractivity contribution < 1.29 is 14.1 Å². The fourth-order valence-electron chi connectivity index (χ4n) is 4.80. The summed E-state index contributed by atoms with van der Waals surface area (Å²) in [6, 6.07) is 18.6. The molecule has 1 atom stereocenters. The van der Waals surface area contributed by atoms with E-state index >= 15 is 0 Å². The third-order valence-corrected chi connectivity index (χ3v) is 6.87. The van der Waals surface area contributed by atoms with Crippen LogP contribution < -0.4 is 19.9 Å². The van der Waals surface area contributed by atoms with Gasteiger partial charge in [-0.1, -0.05) is 23.4 Å². The van der Waals surface area contributed by atoms with E-state index in [9.17, 15) is 4.79 Å². The number of amides is 1. The molecule has 34 heavy (non-hydrogen) atoms. The number of nitrogens with one attached hydrogen (secondary N) is 1. The lowest BCUT2D eigenvalue weighted by molar-refractivity contribution is -0.125. The Morgan fingerprint density at radius 3 is 2.50 bits per heavy atom. The summed E-state index contributed by atoms with van der Waals surface area (Å²) in [5, 5.41) is 7.33. The average molecular weight is 462 g/mol. The van der Waals surface area contributed by atoms with E-state index in [1.165, 1.54) is 5.69 Å². The molecule has 0 spiro atoms. The van der Waals surface area contributed by atoms with E-state index in [0.29, 0.717) is 17.8 Å². The Balaban J connectivity index is 1.07. The molecule has 2 saturated heterocycles. The van der Waals surface area contributed by atoms with Gasteiger partial charge in [0.25, 0.3) is 0 Å². The van der Waals surface area contributed by atoms with Crippen LogP contribution in [0.15, 0.2) is 59.1 Å². The lowest BCUT2D eigenvalue weighted by Crippen LogP contribution is -2.42. The quantitative estimate of drug-likeness (QED) is 0.575. The summed E-state index contributed by atoms with van der Waals surface area (Å²) in [4.78, 5) is 21.8. The predicted octanol–water partition coefficient (Wildman–Crippen LogP) is 3.60. The van der Waals surface area contributed by atoms with Gasteiger partial charge in [-0.25, -0.2) is 0 Å². The first-order chi connectivity index (χ1) is 16.7. The minimum atomic E-state index is 0.0341. The molecule has 0 aliphatic carbocycles. The van der Waals surface area contributed by atoms with Crippen molar-refractivity contribution in [3.8, 4) is 17.1 Å². The summed E-state index contributed by atoms with van der Waals surface area (Å²) in [6.45, 7) is 4.25. The number of hydrogen-bond donors (Lipinski definition) is 1. The van der Waals surface area contributed by atoms with Crippen molar-refractivity contribution in [1.29, 1.82) is 0 Å². The highest BCUT2D eigenvalue weighted by molar-refractivity contribution is 5.79. The molecule has 0 saturated carbocycles. The molecular weight excluding hydrogens is 430 g/mol. The molecule has 2 fully saturated rings. The normalized spacial score (nSPS) is 18.8. The van der Waals surface area contributed by atoms with Crippen LogP contribution in [0.4, 0.5) is 11.7 Å². The van der Waals surface area contributed by atoms with Crippen molar-refractivity contribution in [2.45, 2.75) is 19.3 Å². The number of benzene rings is 2. The molecule has 2 aliphatic heterocycles. The molecule has 178 valence electrons. The summed E-state index contributed by atoms with van der Waals surface area (Å²) in [5.41, 5.74) is 2.14. The van der Waals surface area contributed by atoms with Crippen LogP contribution in [0.1, 0.15) is 19.3 Å². The van der Waals surface area contributed by atoms with Gasteiger partial charge in [-0.2, -0.15) is 4.98 Å². The van der Waals surface area contributed by atoms with Crippen molar-refractivity contribution in [1.82, 2.24) is 15.5 Å². The van der Waals surface area contributed by atoms with Crippen molar-refractivity contribution >= 4 is 17.6 Å². The van der Waals surface area contributed by atoms with Crippen LogP contribution in [0, 0.1) is 11.8 Å². The highest BCUT2D eigenvalue weighted by atomic mass is 16.5. The van der Waals surface area contributed by atoms with Gasteiger partial charge in [0.15, 0.2) is 0 Å². The highest BCUT2D eigenvalue weighted by Gasteiger charge is 2.29. The molecule has 3 heterocycles. The van der Waals surface area contributed by atoms with Crippen LogP contribution in [0.5, 0.6) is 5.75 Å². The molecule has 1 unspecified atom stereocenters. The molecule has 8 nitrogen and oxygen atoms in total. The number of piperidine rings is 1. The number of rotatable bonds is 7. The zero-order chi connectivity index (χ0) is 23.3. The second kappa shape index (κ2) is 10.2. The van der Waals surface area contributed by atoms with Gasteiger partial charge >= 0.3 is 6.01 Å². The standard InChI is InChI=1S/C26H31N5O3/c1-33-23-9-7-20(8-10-23)24-28-26(34-29-24)30-15-12-21(13-16-30)25(32)27-17-19-11-14-31(18-19)22-5-3-2-4-6-22/h2-10,19,21H,11-18H2,1H3,(H,27,32). The van der Waals surface area contributed by atoms with E-state index in [0.717, 1.165) is 63.3 Å². The Hall–Kier alpha value is -3.55. The van der Waals surface area contributed by atoms with Gasteiger partial charge in [0.2, 0.25) is 11.7 Å². The highest BCUT2D eigenvalue weighted by Crippen LogP contribution is 2.27. The Morgan fingerprint density at radius 2 is 1.76 bits per heavy atom. The molecule has 1 N–H and O–H groups in total. The molecule has 2 aliphatic rings. The number of ether oxygens (including phenoxy) is 1. The lowest BCUT2D eigenvalue weighted by atomic mass is 9.96. The van der Waals surface area contributed by atoms with E-state index in [1.807, 2.05) is 30.3 Å². The molecule has 2 aromatic carbocycles. The largest absolute Gasteiger partial charge is 0.497 e. The number of hydrogen-bond acceptors (Lipinski definition) is 7. The number of anilines is 2. The number of para-hydroxylation sites is 1. The second-order valence-electron chi connectivity index (χ2n) is 9.07. The van der Waals surface area contributed by atoms with E-state index in [2.05, 4.69) is 49.5 Å². The Labute approximate surface area is 199 Å². The van der Waals surface area contributed by atoms with Crippen LogP contribution in [0.3, 0.4) is 0 Å². The molecular formula is C26H31N5O3. The minimum Gasteiger partial charge on any atom is -0.497 e. The van der Waals surface area contributed by atoms with Crippen molar-refractivity contribution in [3.05, 3.63) is 54.6 Å². The van der Waals surface area contributed by atoms with Crippen LogP contribution >= 0.6 is 0 Å². The third-order valence-electron chi connectivity index (χ3n) is 6.87. The number of carbonyl (C=O) groups excluding carboxylic acids is 1. The fraction of sp³-hybridized carbons (Fsp3) is 0.423. The maximum absolute atomic E-state index is 12.8. The molecule has 5 rings (SSSR count). The zero-order valence-electron chi connectivity index (χ0n) is 19.5. The first-order valence-corrected chi connectivity index (χ1v) is 12.0. The summed E-state index contributed by atoms with van der Waals surface area (Å²) >= 11 is 0. The SMILES string of the molecule is COc1ccc(-c2noc(N3CCC(C(=O)NCC4CCN(c5ccccc5)C4)CC3)n2)cc1. The summed E-state index contributed by atoms with van der Waals surface area (Å²) < 4.78 is 10.7. The number of methoxy groups -OCH3 is 1. The van der Waals surface area contributed by atoms with Crippen LogP contribution in [0.2, 0.25) is 0 Å². The van der Waals surface area contributed by atoms with Crippen LogP contribution in [-0.2, 0) is 4.79 Å². The Kier molecular flexibility index (Phi) is 6.65. The van der Waals surface area contributed by atoms with Gasteiger partial charge in [-0.05, 0) is 61.6 Å². The maximum Gasteiger partial charge on any atom is 0.324 e. The van der Waals surface area contributed by atoms with Crippen molar-refractivity contribution in [3.63, 3.8) is 0 Å². The molecule has 1 amide bonds. The van der Waals surface area contributed by atoms with E-state index in [4.69, 9.17) is 9.26 Å². The average Bonchev–Trinajstić information content (AvgIpc) is 3.58. The molecule has 3 aromatic rings. The zero-order valence-corrected chi connectivity index (χ0v) is 19.5. The molecule has 1 aromatic heterocycles. The first-order valence-electron chi connectivity index (χ1n) is 12.0.